The van der Waals surface area contributed by atoms with E-state index in [0.717, 1.165) is 56.9 Å². The van der Waals surface area contributed by atoms with E-state index in [0.29, 0.717) is 13.2 Å². The molecule has 1 fully saturated rings. The second kappa shape index (κ2) is 12.9. The fourth-order valence-electron chi connectivity index (χ4n) is 3.52. The molecule has 7 heteroatoms. The van der Waals surface area contributed by atoms with E-state index < -0.39 is 0 Å². The molecular weight excluding hydrogens is 467 g/mol. The maximum atomic E-state index is 12.7. The lowest BCUT2D eigenvalue weighted by Crippen LogP contribution is -2.43. The second-order valence-electron chi connectivity index (χ2n) is 7.32. The van der Waals surface area contributed by atoms with Gasteiger partial charge in [-0.3, -0.25) is 9.79 Å². The smallest absolute Gasteiger partial charge is 0.230 e. The summed E-state index contributed by atoms with van der Waals surface area (Å²) < 4.78 is 5.71. The van der Waals surface area contributed by atoms with Crippen LogP contribution in [-0.4, -0.2) is 57.1 Å². The summed E-state index contributed by atoms with van der Waals surface area (Å²) in [6.07, 6.45) is 4.95. The molecule has 1 aliphatic rings. The number of hydrogen-bond donors (Lipinski definition) is 2. The molecule has 6 nitrogen and oxygen atoms in total. The first-order valence-electron chi connectivity index (χ1n) is 9.99. The number of ether oxygens (including phenoxy) is 1. The summed E-state index contributed by atoms with van der Waals surface area (Å²) in [5.74, 6) is 1.87. The number of carbonyl (C=O) groups excluding carboxylic acids is 1. The quantitative estimate of drug-likeness (QED) is 0.236. The van der Waals surface area contributed by atoms with Crippen molar-refractivity contribution in [2.75, 3.05) is 40.3 Å². The van der Waals surface area contributed by atoms with E-state index in [-0.39, 0.29) is 35.3 Å². The van der Waals surface area contributed by atoms with Crippen LogP contribution >= 0.6 is 24.0 Å². The molecule has 1 aromatic carbocycles. The topological polar surface area (TPSA) is 66.0 Å². The molecule has 0 unspecified atom stereocenters. The third-order valence-corrected chi connectivity index (χ3v) is 4.93. The Morgan fingerprint density at radius 1 is 1.18 bits per heavy atom. The van der Waals surface area contributed by atoms with Gasteiger partial charge in [0.05, 0.1) is 18.6 Å². The molecule has 158 valence electrons. The zero-order chi connectivity index (χ0) is 19.5. The van der Waals surface area contributed by atoms with Gasteiger partial charge in [0.1, 0.15) is 5.75 Å². The number of aliphatic imine (C=N–C) groups is 1. The van der Waals surface area contributed by atoms with Gasteiger partial charge in [0.25, 0.3) is 0 Å². The van der Waals surface area contributed by atoms with Crippen LogP contribution < -0.4 is 15.4 Å². The Hall–Kier alpha value is -1.51. The van der Waals surface area contributed by atoms with Crippen LogP contribution in [0, 0.1) is 5.41 Å². The number of hydrogen-bond acceptors (Lipinski definition) is 3. The molecule has 2 N–H and O–H groups in total. The van der Waals surface area contributed by atoms with Crippen molar-refractivity contribution >= 4 is 35.8 Å². The van der Waals surface area contributed by atoms with Crippen molar-refractivity contribution in [3.8, 4) is 5.75 Å². The molecule has 0 atom stereocenters. The summed E-state index contributed by atoms with van der Waals surface area (Å²) in [5, 5.41) is 6.62. The van der Waals surface area contributed by atoms with Crippen LogP contribution in [0.4, 0.5) is 0 Å². The molecule has 0 aliphatic heterocycles. The van der Waals surface area contributed by atoms with Crippen LogP contribution in [0.25, 0.3) is 0 Å². The summed E-state index contributed by atoms with van der Waals surface area (Å²) in [6, 6.07) is 9.84. The Kier molecular flexibility index (Phi) is 11.3. The predicted octanol–water partition coefficient (Wildman–Crippen LogP) is 3.28. The molecule has 2 rings (SSSR count). The molecular formula is C21H35IN4O2. The van der Waals surface area contributed by atoms with Crippen molar-refractivity contribution in [1.29, 1.82) is 0 Å². The third-order valence-electron chi connectivity index (χ3n) is 4.93. The highest BCUT2D eigenvalue weighted by Gasteiger charge is 2.41. The lowest BCUT2D eigenvalue weighted by molar-refractivity contribution is -0.138. The van der Waals surface area contributed by atoms with Gasteiger partial charge in [0.2, 0.25) is 5.91 Å². The number of nitrogens with zero attached hydrogens (tertiary/aromatic N) is 2. The van der Waals surface area contributed by atoms with E-state index in [4.69, 9.17) is 9.73 Å². The van der Waals surface area contributed by atoms with Gasteiger partial charge in [0.15, 0.2) is 5.96 Å². The van der Waals surface area contributed by atoms with Gasteiger partial charge >= 0.3 is 0 Å². The first-order valence-corrected chi connectivity index (χ1v) is 9.99. The first-order chi connectivity index (χ1) is 13.1. The Morgan fingerprint density at radius 3 is 2.46 bits per heavy atom. The van der Waals surface area contributed by atoms with E-state index >= 15 is 0 Å². The van der Waals surface area contributed by atoms with Gasteiger partial charge in [-0.05, 0) is 38.3 Å². The van der Waals surface area contributed by atoms with Gasteiger partial charge in [0, 0.05) is 27.2 Å². The minimum Gasteiger partial charge on any atom is -0.494 e. The van der Waals surface area contributed by atoms with Crippen molar-refractivity contribution in [2.24, 2.45) is 10.4 Å². The maximum Gasteiger partial charge on any atom is 0.230 e. The summed E-state index contributed by atoms with van der Waals surface area (Å²) in [7, 11) is 3.67. The number of nitrogens with one attached hydrogen (secondary N) is 2. The van der Waals surface area contributed by atoms with Crippen LogP contribution in [0.1, 0.15) is 39.0 Å². The van der Waals surface area contributed by atoms with Gasteiger partial charge in [-0.1, -0.05) is 31.0 Å². The zero-order valence-corrected chi connectivity index (χ0v) is 19.7. The number of carbonyl (C=O) groups is 1. The van der Waals surface area contributed by atoms with Crippen LogP contribution in [0.2, 0.25) is 0 Å². The van der Waals surface area contributed by atoms with Gasteiger partial charge in [-0.25, -0.2) is 0 Å². The first kappa shape index (κ1) is 24.5. The number of guanidine groups is 1. The van der Waals surface area contributed by atoms with Crippen molar-refractivity contribution in [2.45, 2.75) is 39.0 Å². The molecule has 0 spiro atoms. The Morgan fingerprint density at radius 2 is 1.86 bits per heavy atom. The van der Waals surface area contributed by atoms with E-state index in [1.54, 1.807) is 4.90 Å². The SMILES string of the molecule is CCNC(=NCC1(C(=O)N(C)C)CCCC1)NCCCOc1ccccc1.I. The maximum absolute atomic E-state index is 12.7. The third kappa shape index (κ3) is 7.48. The average Bonchev–Trinajstić information content (AvgIpc) is 3.16. The van der Waals surface area contributed by atoms with Crippen LogP contribution in [-0.2, 0) is 4.79 Å². The summed E-state index contributed by atoms with van der Waals surface area (Å²) in [4.78, 5) is 19.1. The molecule has 0 heterocycles. The number of benzene rings is 1. The normalized spacial score (nSPS) is 15.5. The molecule has 0 saturated heterocycles. The Labute approximate surface area is 186 Å². The molecule has 1 saturated carbocycles. The lowest BCUT2D eigenvalue weighted by Gasteiger charge is -2.29. The predicted molar refractivity (Wildman–Crippen MR) is 126 cm³/mol. The molecule has 0 radical (unpaired) electrons. The summed E-state index contributed by atoms with van der Waals surface area (Å²) in [6.45, 7) is 4.81. The molecule has 1 aliphatic carbocycles. The largest absolute Gasteiger partial charge is 0.494 e. The zero-order valence-electron chi connectivity index (χ0n) is 17.4. The highest BCUT2D eigenvalue weighted by molar-refractivity contribution is 14.0. The molecule has 1 amide bonds. The van der Waals surface area contributed by atoms with Gasteiger partial charge in [-0.15, -0.1) is 24.0 Å². The van der Waals surface area contributed by atoms with Crippen molar-refractivity contribution in [1.82, 2.24) is 15.5 Å². The standard InChI is InChI=1S/C21H34N4O2.HI/c1-4-22-20(23-15-10-16-27-18-11-6-5-7-12-18)24-17-21(13-8-9-14-21)19(26)25(2)3;/h5-7,11-12H,4,8-10,13-17H2,1-3H3,(H2,22,23,24);1H. The van der Waals surface area contributed by atoms with E-state index in [1.807, 2.05) is 51.4 Å². The molecule has 1 aromatic rings. The number of amides is 1. The van der Waals surface area contributed by atoms with Crippen LogP contribution in [0.3, 0.4) is 0 Å². The molecule has 28 heavy (non-hydrogen) atoms. The van der Waals surface area contributed by atoms with E-state index in [9.17, 15) is 4.79 Å². The fraction of sp³-hybridized carbons (Fsp3) is 0.619. The number of halogens is 1. The van der Waals surface area contributed by atoms with Crippen molar-refractivity contribution in [3.05, 3.63) is 30.3 Å². The van der Waals surface area contributed by atoms with Gasteiger partial charge < -0.3 is 20.3 Å². The number of rotatable bonds is 9. The monoisotopic (exact) mass is 502 g/mol. The summed E-state index contributed by atoms with van der Waals surface area (Å²) in [5.41, 5.74) is -0.331. The minimum absolute atomic E-state index is 0. The minimum atomic E-state index is -0.331. The van der Waals surface area contributed by atoms with E-state index in [1.165, 1.54) is 0 Å². The Bertz CT molecular complexity index is 602. The van der Waals surface area contributed by atoms with E-state index in [2.05, 4.69) is 10.6 Å². The fourth-order valence-corrected chi connectivity index (χ4v) is 3.52. The van der Waals surface area contributed by atoms with Crippen LogP contribution in [0.15, 0.2) is 35.3 Å². The van der Waals surface area contributed by atoms with Crippen molar-refractivity contribution in [3.63, 3.8) is 0 Å². The average molecular weight is 502 g/mol. The number of para-hydroxylation sites is 1. The van der Waals surface area contributed by atoms with Crippen LogP contribution in [0.5, 0.6) is 5.75 Å². The highest BCUT2D eigenvalue weighted by Crippen LogP contribution is 2.39. The second-order valence-corrected chi connectivity index (χ2v) is 7.32. The van der Waals surface area contributed by atoms with Gasteiger partial charge in [-0.2, -0.15) is 0 Å². The highest BCUT2D eigenvalue weighted by atomic mass is 127. The lowest BCUT2D eigenvalue weighted by atomic mass is 9.85. The Balaban J connectivity index is 0.00000392. The molecule has 0 aromatic heterocycles. The van der Waals surface area contributed by atoms with Crippen molar-refractivity contribution < 1.29 is 9.53 Å². The summed E-state index contributed by atoms with van der Waals surface area (Å²) >= 11 is 0. The molecule has 0 bridgehead atoms.